The standard InChI is InChI=1S/C33H40O5/c1-3-8-24(10-7-18-34)9-6-13-30(35)23-31(36)17-15-26-21-29(33(37)32(22-26)38-2)20-25-14-16-27-11-4-5-12-28(27)19-25/h4-5,11-12,14-17,19,21-22,24,34,37H,3,6-10,13,18,20,23H2,1-2H3/b17-15+/t24-/m0/s1. The molecule has 0 aromatic heterocycles. The van der Waals surface area contributed by atoms with E-state index in [1.807, 2.05) is 24.3 Å². The normalized spacial score (nSPS) is 12.2. The molecule has 0 saturated heterocycles. The molecule has 0 radical (unpaired) electrons. The summed E-state index contributed by atoms with van der Waals surface area (Å²) in [6.45, 7) is 2.36. The van der Waals surface area contributed by atoms with Crippen LogP contribution >= 0.6 is 0 Å². The summed E-state index contributed by atoms with van der Waals surface area (Å²) >= 11 is 0. The molecule has 5 heteroatoms. The van der Waals surface area contributed by atoms with Crippen LogP contribution < -0.4 is 4.74 Å². The molecule has 2 N–H and O–H groups in total. The first-order chi connectivity index (χ1) is 18.4. The second-order valence-electron chi connectivity index (χ2n) is 10.0. The molecule has 0 spiro atoms. The SMILES string of the molecule is CCC[C@H](CCCO)CCCC(=O)CC(=O)/C=C/c1cc(Cc2ccc3ccccc3c2)c(O)c(OC)c1. The average Bonchev–Trinajstić information content (AvgIpc) is 2.91. The van der Waals surface area contributed by atoms with Crippen molar-refractivity contribution < 1.29 is 24.5 Å². The third-order valence-electron chi connectivity index (χ3n) is 6.97. The molecular weight excluding hydrogens is 476 g/mol. The largest absolute Gasteiger partial charge is 0.504 e. The smallest absolute Gasteiger partial charge is 0.163 e. The van der Waals surface area contributed by atoms with Crippen molar-refractivity contribution in [1.82, 2.24) is 0 Å². The quantitative estimate of drug-likeness (QED) is 0.157. The Morgan fingerprint density at radius 2 is 1.74 bits per heavy atom. The molecule has 0 bridgehead atoms. The van der Waals surface area contributed by atoms with Crippen LogP contribution in [0, 0.1) is 5.92 Å². The number of carbonyl (C=O) groups is 2. The Balaban J connectivity index is 1.60. The average molecular weight is 517 g/mol. The summed E-state index contributed by atoms with van der Waals surface area (Å²) in [4.78, 5) is 24.8. The lowest BCUT2D eigenvalue weighted by molar-refractivity contribution is -0.124. The molecule has 3 aromatic rings. The van der Waals surface area contributed by atoms with Crippen molar-refractivity contribution in [3.05, 3.63) is 77.4 Å². The second-order valence-corrected chi connectivity index (χ2v) is 10.0. The van der Waals surface area contributed by atoms with Crippen LogP contribution in [0.15, 0.2) is 60.7 Å². The number of aliphatic hydroxyl groups excluding tert-OH is 1. The molecule has 3 aromatic carbocycles. The van der Waals surface area contributed by atoms with Crippen molar-refractivity contribution in [1.29, 1.82) is 0 Å². The summed E-state index contributed by atoms with van der Waals surface area (Å²) in [5.41, 5.74) is 2.48. The maximum Gasteiger partial charge on any atom is 0.163 e. The molecular formula is C33H40O5. The van der Waals surface area contributed by atoms with Gasteiger partial charge in [0.25, 0.3) is 0 Å². The number of rotatable bonds is 16. The van der Waals surface area contributed by atoms with Crippen LogP contribution in [0.5, 0.6) is 11.5 Å². The van der Waals surface area contributed by atoms with E-state index in [1.165, 1.54) is 13.2 Å². The van der Waals surface area contributed by atoms with Gasteiger partial charge >= 0.3 is 0 Å². The van der Waals surface area contributed by atoms with Gasteiger partial charge in [-0.25, -0.2) is 0 Å². The highest BCUT2D eigenvalue weighted by atomic mass is 16.5. The van der Waals surface area contributed by atoms with E-state index in [0.717, 1.165) is 60.4 Å². The topological polar surface area (TPSA) is 83.8 Å². The highest BCUT2D eigenvalue weighted by molar-refractivity contribution is 6.06. The minimum absolute atomic E-state index is 0.0441. The summed E-state index contributed by atoms with van der Waals surface area (Å²) in [6, 6.07) is 17.9. The molecule has 38 heavy (non-hydrogen) atoms. The molecule has 0 aliphatic carbocycles. The molecule has 0 aliphatic heterocycles. The maximum atomic E-state index is 12.5. The zero-order valence-corrected chi connectivity index (χ0v) is 22.6. The number of allylic oxidation sites excluding steroid dienone is 1. The fraction of sp³-hybridized carbons (Fsp3) is 0.394. The highest BCUT2D eigenvalue weighted by Crippen LogP contribution is 2.34. The molecule has 3 rings (SSSR count). The first kappa shape index (κ1) is 29.1. The van der Waals surface area contributed by atoms with Gasteiger partial charge in [0.15, 0.2) is 17.3 Å². The predicted molar refractivity (Wildman–Crippen MR) is 154 cm³/mol. The minimum Gasteiger partial charge on any atom is -0.504 e. The molecule has 0 unspecified atom stereocenters. The van der Waals surface area contributed by atoms with Gasteiger partial charge in [0, 0.05) is 25.0 Å². The van der Waals surface area contributed by atoms with E-state index in [2.05, 4.69) is 31.2 Å². The van der Waals surface area contributed by atoms with E-state index in [4.69, 9.17) is 9.84 Å². The van der Waals surface area contributed by atoms with Crippen LogP contribution in [-0.4, -0.2) is 35.5 Å². The van der Waals surface area contributed by atoms with Gasteiger partial charge in [0.1, 0.15) is 5.78 Å². The molecule has 5 nitrogen and oxygen atoms in total. The number of hydrogen-bond donors (Lipinski definition) is 2. The van der Waals surface area contributed by atoms with Crippen molar-refractivity contribution in [2.24, 2.45) is 5.92 Å². The predicted octanol–water partition coefficient (Wildman–Crippen LogP) is 7.05. The van der Waals surface area contributed by atoms with Crippen LogP contribution in [0.25, 0.3) is 16.8 Å². The van der Waals surface area contributed by atoms with E-state index >= 15 is 0 Å². The zero-order valence-electron chi connectivity index (χ0n) is 22.6. The fourth-order valence-electron chi connectivity index (χ4n) is 4.98. The Bertz CT molecular complexity index is 1240. The van der Waals surface area contributed by atoms with E-state index in [1.54, 1.807) is 12.1 Å². The third-order valence-corrected chi connectivity index (χ3v) is 6.97. The van der Waals surface area contributed by atoms with E-state index in [0.29, 0.717) is 30.1 Å². The zero-order chi connectivity index (χ0) is 27.3. The summed E-state index contributed by atoms with van der Waals surface area (Å²) < 4.78 is 5.37. The van der Waals surface area contributed by atoms with E-state index < -0.39 is 0 Å². The van der Waals surface area contributed by atoms with Crippen LogP contribution in [0.2, 0.25) is 0 Å². The Labute approximate surface area is 226 Å². The number of aromatic hydroxyl groups is 1. The first-order valence-corrected chi connectivity index (χ1v) is 13.6. The van der Waals surface area contributed by atoms with Crippen LogP contribution in [0.3, 0.4) is 0 Å². The number of Topliss-reactive ketones (excluding diaryl/α,β-unsaturated/α-hetero) is 1. The van der Waals surface area contributed by atoms with Gasteiger partial charge in [0.2, 0.25) is 0 Å². The van der Waals surface area contributed by atoms with E-state index in [-0.39, 0.29) is 30.3 Å². The minimum atomic E-state index is -0.233. The fourth-order valence-corrected chi connectivity index (χ4v) is 4.98. The lowest BCUT2D eigenvalue weighted by Gasteiger charge is -2.14. The van der Waals surface area contributed by atoms with Crippen molar-refractivity contribution in [2.75, 3.05) is 13.7 Å². The van der Waals surface area contributed by atoms with Gasteiger partial charge in [0.05, 0.1) is 13.5 Å². The van der Waals surface area contributed by atoms with Gasteiger partial charge in [-0.05, 0) is 65.3 Å². The third kappa shape index (κ3) is 8.84. The Morgan fingerprint density at radius 1 is 0.974 bits per heavy atom. The van der Waals surface area contributed by atoms with Crippen molar-refractivity contribution >= 4 is 28.4 Å². The number of methoxy groups -OCH3 is 1. The monoisotopic (exact) mass is 516 g/mol. The van der Waals surface area contributed by atoms with Gasteiger partial charge in [-0.3, -0.25) is 9.59 Å². The number of fused-ring (bicyclic) bond motifs is 1. The van der Waals surface area contributed by atoms with E-state index in [9.17, 15) is 14.7 Å². The number of phenols is 1. The number of carbonyl (C=O) groups excluding carboxylic acids is 2. The Kier molecular flexibility index (Phi) is 11.6. The van der Waals surface area contributed by atoms with Crippen LogP contribution in [0.4, 0.5) is 0 Å². The molecule has 0 saturated carbocycles. The van der Waals surface area contributed by atoms with Gasteiger partial charge in [-0.15, -0.1) is 0 Å². The van der Waals surface area contributed by atoms with Gasteiger partial charge < -0.3 is 14.9 Å². The molecule has 0 aliphatic rings. The summed E-state index contributed by atoms with van der Waals surface area (Å²) in [5.74, 6) is 0.679. The Morgan fingerprint density at radius 3 is 2.47 bits per heavy atom. The number of ketones is 2. The second kappa shape index (κ2) is 15.1. The van der Waals surface area contributed by atoms with Gasteiger partial charge in [-0.2, -0.15) is 0 Å². The number of ether oxygens (including phenoxy) is 1. The Hall–Kier alpha value is -3.44. The molecule has 0 fully saturated rings. The van der Waals surface area contributed by atoms with Crippen molar-refractivity contribution in [3.8, 4) is 11.5 Å². The molecule has 0 heterocycles. The summed E-state index contributed by atoms with van der Waals surface area (Å²) in [6.07, 6.45) is 9.64. The maximum absolute atomic E-state index is 12.5. The number of benzene rings is 3. The number of aliphatic hydroxyl groups is 1. The summed E-state index contributed by atoms with van der Waals surface area (Å²) in [5, 5.41) is 22.1. The first-order valence-electron chi connectivity index (χ1n) is 13.6. The molecule has 202 valence electrons. The molecule has 1 atom stereocenters. The van der Waals surface area contributed by atoms with Crippen molar-refractivity contribution in [3.63, 3.8) is 0 Å². The lowest BCUT2D eigenvalue weighted by Crippen LogP contribution is -2.07. The van der Waals surface area contributed by atoms with Crippen molar-refractivity contribution in [2.45, 2.75) is 64.7 Å². The molecule has 0 amide bonds. The summed E-state index contributed by atoms with van der Waals surface area (Å²) in [7, 11) is 1.50. The highest BCUT2D eigenvalue weighted by Gasteiger charge is 2.13. The lowest BCUT2D eigenvalue weighted by atomic mass is 9.91. The van der Waals surface area contributed by atoms with Gasteiger partial charge in [-0.1, -0.05) is 74.7 Å². The number of phenolic OH excluding ortho intramolecular Hbond substituents is 1. The van der Waals surface area contributed by atoms with Crippen LogP contribution in [-0.2, 0) is 16.0 Å². The number of hydrogen-bond acceptors (Lipinski definition) is 5. The van der Waals surface area contributed by atoms with Crippen LogP contribution in [0.1, 0.15) is 75.0 Å².